The van der Waals surface area contributed by atoms with Crippen molar-refractivity contribution in [3.63, 3.8) is 0 Å². The van der Waals surface area contributed by atoms with Gasteiger partial charge in [-0.15, -0.1) is 0 Å². The Morgan fingerprint density at radius 2 is 1.58 bits per heavy atom. The van der Waals surface area contributed by atoms with Crippen LogP contribution in [0.4, 0.5) is 0 Å². The van der Waals surface area contributed by atoms with E-state index in [4.69, 9.17) is 5.11 Å². The summed E-state index contributed by atoms with van der Waals surface area (Å²) in [7, 11) is 0. The van der Waals surface area contributed by atoms with Crippen LogP contribution in [0.3, 0.4) is 0 Å². The van der Waals surface area contributed by atoms with Crippen LogP contribution in [0.1, 0.15) is 27.2 Å². The molecule has 0 fully saturated rings. The molecule has 0 bridgehead atoms. The smallest absolute Gasteiger partial charge is 0.309 e. The third kappa shape index (κ3) is 3.22. The summed E-state index contributed by atoms with van der Waals surface area (Å²) in [5.41, 5.74) is 0. The lowest BCUT2D eigenvalue weighted by atomic mass is 10.3. The first-order valence-electron chi connectivity index (χ1n) is 4.67. The zero-order chi connectivity index (χ0) is 9.61. The minimum Gasteiger partial charge on any atom is -0.481 e. The Hall–Kier alpha value is -0.570. The molecule has 0 aliphatic carbocycles. The Kier molecular flexibility index (Phi) is 4.90. The molecule has 0 atom stereocenters. The van der Waals surface area contributed by atoms with Crippen molar-refractivity contribution in [2.24, 2.45) is 0 Å². The van der Waals surface area contributed by atoms with Crippen molar-refractivity contribution in [1.29, 1.82) is 0 Å². The lowest BCUT2D eigenvalue weighted by molar-refractivity contribution is -0.922. The Bertz CT molecular complexity index is 133. The fourth-order valence-electron chi connectivity index (χ4n) is 1.48. The Balaban J connectivity index is 4.01. The van der Waals surface area contributed by atoms with Crippen LogP contribution in [0.15, 0.2) is 0 Å². The molecule has 0 amide bonds. The van der Waals surface area contributed by atoms with Crippen molar-refractivity contribution in [3.8, 4) is 0 Å². The van der Waals surface area contributed by atoms with E-state index in [2.05, 4.69) is 20.8 Å². The van der Waals surface area contributed by atoms with Crippen LogP contribution in [-0.2, 0) is 4.79 Å². The monoisotopic (exact) mass is 174 g/mol. The number of quaternary nitrogens is 1. The fraction of sp³-hybridized carbons (Fsp3) is 0.889. The van der Waals surface area contributed by atoms with Gasteiger partial charge in [-0.2, -0.15) is 0 Å². The normalized spacial score (nSPS) is 11.6. The maximum atomic E-state index is 10.4. The van der Waals surface area contributed by atoms with Crippen molar-refractivity contribution < 1.29 is 14.4 Å². The molecule has 72 valence electrons. The molecule has 0 heterocycles. The number of carbonyl (C=O) groups is 1. The summed E-state index contributed by atoms with van der Waals surface area (Å²) < 4.78 is 0.923. The molecule has 0 aromatic rings. The van der Waals surface area contributed by atoms with E-state index in [-0.39, 0.29) is 6.42 Å². The van der Waals surface area contributed by atoms with Gasteiger partial charge >= 0.3 is 5.97 Å². The van der Waals surface area contributed by atoms with Gasteiger partial charge in [0.15, 0.2) is 0 Å². The maximum absolute atomic E-state index is 10.4. The fourth-order valence-corrected chi connectivity index (χ4v) is 1.48. The first-order valence-corrected chi connectivity index (χ1v) is 4.67. The van der Waals surface area contributed by atoms with Crippen LogP contribution >= 0.6 is 0 Å². The summed E-state index contributed by atoms with van der Waals surface area (Å²) in [6.07, 6.45) is 0.287. The highest BCUT2D eigenvalue weighted by atomic mass is 16.4. The molecule has 12 heavy (non-hydrogen) atoms. The van der Waals surface area contributed by atoms with Crippen molar-refractivity contribution in [1.82, 2.24) is 0 Å². The summed E-state index contributed by atoms with van der Waals surface area (Å²) in [5, 5.41) is 8.55. The molecule has 0 radical (unpaired) electrons. The molecule has 0 saturated carbocycles. The van der Waals surface area contributed by atoms with Crippen LogP contribution < -0.4 is 0 Å². The number of hydrogen-bond donors (Lipinski definition) is 1. The quantitative estimate of drug-likeness (QED) is 0.617. The number of nitrogens with zero attached hydrogens (tertiary/aromatic N) is 1. The van der Waals surface area contributed by atoms with Crippen molar-refractivity contribution in [2.45, 2.75) is 27.2 Å². The topological polar surface area (TPSA) is 37.3 Å². The predicted octanol–water partition coefficient (Wildman–Crippen LogP) is 1.34. The van der Waals surface area contributed by atoms with E-state index in [9.17, 15) is 4.79 Å². The third-order valence-electron chi connectivity index (χ3n) is 2.81. The molecule has 0 aliphatic rings. The lowest BCUT2D eigenvalue weighted by Crippen LogP contribution is -2.48. The molecule has 0 saturated heterocycles. The zero-order valence-electron chi connectivity index (χ0n) is 8.34. The number of carboxylic acids is 1. The van der Waals surface area contributed by atoms with E-state index in [1.165, 1.54) is 0 Å². The maximum Gasteiger partial charge on any atom is 0.309 e. The molecule has 0 rings (SSSR count). The molecule has 3 heteroatoms. The van der Waals surface area contributed by atoms with Gasteiger partial charge in [0.1, 0.15) is 0 Å². The predicted molar refractivity (Wildman–Crippen MR) is 49.0 cm³/mol. The van der Waals surface area contributed by atoms with Gasteiger partial charge in [-0.05, 0) is 20.8 Å². The second kappa shape index (κ2) is 5.14. The van der Waals surface area contributed by atoms with Gasteiger partial charge in [0, 0.05) is 0 Å². The minimum absolute atomic E-state index is 0.287. The molecule has 3 nitrogen and oxygen atoms in total. The largest absolute Gasteiger partial charge is 0.481 e. The molecule has 0 spiro atoms. The number of aliphatic carboxylic acids is 1. The summed E-state index contributed by atoms with van der Waals surface area (Å²) >= 11 is 0. The van der Waals surface area contributed by atoms with E-state index in [1.54, 1.807) is 0 Å². The van der Waals surface area contributed by atoms with E-state index in [1.807, 2.05) is 0 Å². The van der Waals surface area contributed by atoms with E-state index in [0.717, 1.165) is 30.7 Å². The zero-order valence-corrected chi connectivity index (χ0v) is 8.34. The lowest BCUT2D eigenvalue weighted by Gasteiger charge is -2.35. The van der Waals surface area contributed by atoms with Gasteiger partial charge < -0.3 is 9.59 Å². The molecule has 0 aromatic heterocycles. The molecule has 1 N–H and O–H groups in total. The molecular weight excluding hydrogens is 154 g/mol. The van der Waals surface area contributed by atoms with Crippen LogP contribution in [0.5, 0.6) is 0 Å². The van der Waals surface area contributed by atoms with Gasteiger partial charge in [-0.25, -0.2) is 0 Å². The van der Waals surface area contributed by atoms with E-state index in [0.29, 0.717) is 0 Å². The van der Waals surface area contributed by atoms with Crippen molar-refractivity contribution in [3.05, 3.63) is 0 Å². The van der Waals surface area contributed by atoms with Gasteiger partial charge in [-0.1, -0.05) is 0 Å². The van der Waals surface area contributed by atoms with Crippen LogP contribution in [0.2, 0.25) is 0 Å². The third-order valence-corrected chi connectivity index (χ3v) is 2.81. The van der Waals surface area contributed by atoms with Crippen LogP contribution in [-0.4, -0.2) is 41.7 Å². The Labute approximate surface area is 74.6 Å². The minimum atomic E-state index is -0.687. The number of rotatable bonds is 6. The highest BCUT2D eigenvalue weighted by molar-refractivity contribution is 5.66. The molecule has 0 aromatic carbocycles. The Morgan fingerprint density at radius 3 is 1.83 bits per heavy atom. The van der Waals surface area contributed by atoms with Crippen molar-refractivity contribution >= 4 is 5.97 Å². The van der Waals surface area contributed by atoms with E-state index < -0.39 is 5.97 Å². The van der Waals surface area contributed by atoms with Gasteiger partial charge in [0.05, 0.1) is 32.6 Å². The molecular formula is C9H20NO2+. The van der Waals surface area contributed by atoms with Crippen LogP contribution in [0, 0.1) is 0 Å². The second-order valence-corrected chi connectivity index (χ2v) is 3.16. The first-order chi connectivity index (χ1) is 5.60. The van der Waals surface area contributed by atoms with Gasteiger partial charge in [0.2, 0.25) is 0 Å². The molecule has 0 unspecified atom stereocenters. The SMILES string of the molecule is CC[N+](CC)(CC)CCC(=O)O. The van der Waals surface area contributed by atoms with Crippen LogP contribution in [0.25, 0.3) is 0 Å². The highest BCUT2D eigenvalue weighted by Gasteiger charge is 2.21. The Morgan fingerprint density at radius 1 is 1.17 bits per heavy atom. The average Bonchev–Trinajstić information content (AvgIpc) is 2.08. The number of carboxylic acid groups (broad SMARTS) is 1. The number of hydrogen-bond acceptors (Lipinski definition) is 1. The first kappa shape index (κ1) is 11.4. The summed E-state index contributed by atoms with van der Waals surface area (Å²) in [6.45, 7) is 10.2. The summed E-state index contributed by atoms with van der Waals surface area (Å²) in [4.78, 5) is 10.4. The summed E-state index contributed by atoms with van der Waals surface area (Å²) in [6, 6.07) is 0. The second-order valence-electron chi connectivity index (χ2n) is 3.16. The van der Waals surface area contributed by atoms with E-state index >= 15 is 0 Å². The standard InChI is InChI=1S/C9H19NO2/c1-4-10(5-2,6-3)8-7-9(11)12/h4-8H2,1-3H3/p+1. The molecule has 0 aliphatic heterocycles. The van der Waals surface area contributed by atoms with Gasteiger partial charge in [0.25, 0.3) is 0 Å². The van der Waals surface area contributed by atoms with Gasteiger partial charge in [-0.3, -0.25) is 4.79 Å². The summed E-state index contributed by atoms with van der Waals surface area (Å²) in [5.74, 6) is -0.687. The van der Waals surface area contributed by atoms with Crippen molar-refractivity contribution in [2.75, 3.05) is 26.2 Å². The average molecular weight is 174 g/mol. The highest BCUT2D eigenvalue weighted by Crippen LogP contribution is 2.06.